The maximum Gasteiger partial charge on any atom is 0.0796 e. The van der Waals surface area contributed by atoms with Gasteiger partial charge in [0.15, 0.2) is 0 Å². The molecular weight excluding hydrogens is 188 g/mol. The van der Waals surface area contributed by atoms with E-state index in [2.05, 4.69) is 35.3 Å². The third kappa shape index (κ3) is 2.37. The molecule has 0 radical (unpaired) electrons. The van der Waals surface area contributed by atoms with Gasteiger partial charge in [-0.1, -0.05) is 5.21 Å². The smallest absolute Gasteiger partial charge is 0.0796 e. The molecule has 84 valence electrons. The molecule has 0 unspecified atom stereocenters. The lowest BCUT2D eigenvalue weighted by molar-refractivity contribution is 0.146. The summed E-state index contributed by atoms with van der Waals surface area (Å²) in [5.41, 5.74) is 1.02. The molecule has 4 heteroatoms. The number of likely N-dealkylation sites (tertiary alicyclic amines) is 1. The van der Waals surface area contributed by atoms with Crippen LogP contribution < -0.4 is 0 Å². The minimum Gasteiger partial charge on any atom is -0.301 e. The Morgan fingerprint density at radius 1 is 1.33 bits per heavy atom. The van der Waals surface area contributed by atoms with Gasteiger partial charge in [-0.3, -0.25) is 0 Å². The van der Waals surface area contributed by atoms with Crippen LogP contribution in [-0.2, 0) is 0 Å². The number of aryl methyl sites for hydroxylation is 1. The Bertz CT molecular complexity index is 310. The zero-order valence-electron chi connectivity index (χ0n) is 9.85. The third-order valence-corrected chi connectivity index (χ3v) is 3.23. The lowest BCUT2D eigenvalue weighted by Gasteiger charge is -2.34. The molecule has 4 nitrogen and oxygen atoms in total. The van der Waals surface area contributed by atoms with Crippen molar-refractivity contribution in [2.75, 3.05) is 13.1 Å². The monoisotopic (exact) mass is 208 g/mol. The normalized spacial score (nSPS) is 20.0. The van der Waals surface area contributed by atoms with Crippen molar-refractivity contribution in [3.05, 3.63) is 11.9 Å². The Morgan fingerprint density at radius 2 is 2.00 bits per heavy atom. The molecule has 0 bridgehead atoms. The Hall–Kier alpha value is -0.900. The Kier molecular flexibility index (Phi) is 3.05. The van der Waals surface area contributed by atoms with Crippen LogP contribution in [0, 0.1) is 6.92 Å². The van der Waals surface area contributed by atoms with Crippen LogP contribution in [0.2, 0.25) is 0 Å². The second-order valence-electron chi connectivity index (χ2n) is 4.70. The molecule has 15 heavy (non-hydrogen) atoms. The molecule has 0 spiro atoms. The summed E-state index contributed by atoms with van der Waals surface area (Å²) in [5.74, 6) is 0. The van der Waals surface area contributed by atoms with Crippen LogP contribution in [0.15, 0.2) is 6.20 Å². The van der Waals surface area contributed by atoms with Crippen molar-refractivity contribution in [2.24, 2.45) is 0 Å². The minimum atomic E-state index is 0.557. The zero-order valence-corrected chi connectivity index (χ0v) is 9.85. The van der Waals surface area contributed by atoms with E-state index in [1.807, 2.05) is 11.6 Å². The van der Waals surface area contributed by atoms with Crippen molar-refractivity contribution >= 4 is 0 Å². The largest absolute Gasteiger partial charge is 0.301 e. The second-order valence-corrected chi connectivity index (χ2v) is 4.70. The number of hydrogen-bond donors (Lipinski definition) is 0. The second kappa shape index (κ2) is 4.31. The molecule has 0 amide bonds. The lowest BCUT2D eigenvalue weighted by Crippen LogP contribution is -2.39. The lowest BCUT2D eigenvalue weighted by atomic mass is 10.0. The highest BCUT2D eigenvalue weighted by Gasteiger charge is 2.22. The summed E-state index contributed by atoms with van der Waals surface area (Å²) in [6.07, 6.45) is 4.44. The summed E-state index contributed by atoms with van der Waals surface area (Å²) >= 11 is 0. The quantitative estimate of drug-likeness (QED) is 0.741. The standard InChI is InChI=1S/C11H20N4/c1-9(2)14-6-4-11(5-7-14)15-8-10(3)12-13-15/h8-9,11H,4-7H2,1-3H3. The molecule has 2 heterocycles. The highest BCUT2D eigenvalue weighted by Crippen LogP contribution is 2.22. The number of hydrogen-bond acceptors (Lipinski definition) is 3. The van der Waals surface area contributed by atoms with Gasteiger partial charge in [-0.05, 0) is 33.6 Å². The van der Waals surface area contributed by atoms with Crippen molar-refractivity contribution in [1.29, 1.82) is 0 Å². The first-order valence-corrected chi connectivity index (χ1v) is 5.79. The van der Waals surface area contributed by atoms with Gasteiger partial charge < -0.3 is 4.90 Å². The fraction of sp³-hybridized carbons (Fsp3) is 0.818. The maximum absolute atomic E-state index is 4.16. The fourth-order valence-electron chi connectivity index (χ4n) is 2.21. The van der Waals surface area contributed by atoms with Gasteiger partial charge in [0.2, 0.25) is 0 Å². The maximum atomic E-state index is 4.16. The Labute approximate surface area is 91.3 Å². The van der Waals surface area contributed by atoms with Gasteiger partial charge in [0, 0.05) is 25.3 Å². The van der Waals surface area contributed by atoms with E-state index in [0.29, 0.717) is 12.1 Å². The van der Waals surface area contributed by atoms with Gasteiger partial charge in [0.1, 0.15) is 0 Å². The van der Waals surface area contributed by atoms with Crippen LogP contribution in [0.4, 0.5) is 0 Å². The Morgan fingerprint density at radius 3 is 2.47 bits per heavy atom. The number of rotatable bonds is 2. The van der Waals surface area contributed by atoms with Crippen molar-refractivity contribution in [3.8, 4) is 0 Å². The summed E-state index contributed by atoms with van der Waals surface area (Å²) in [5, 5.41) is 8.20. The summed E-state index contributed by atoms with van der Waals surface area (Å²) in [6.45, 7) is 8.88. The molecule has 2 rings (SSSR count). The van der Waals surface area contributed by atoms with Gasteiger partial charge in [-0.15, -0.1) is 5.10 Å². The fourth-order valence-corrected chi connectivity index (χ4v) is 2.21. The predicted molar refractivity (Wildman–Crippen MR) is 59.7 cm³/mol. The van der Waals surface area contributed by atoms with Gasteiger partial charge in [-0.2, -0.15) is 0 Å². The molecule has 1 aromatic rings. The first kappa shape index (κ1) is 10.6. The van der Waals surface area contributed by atoms with E-state index in [0.717, 1.165) is 5.69 Å². The molecule has 1 saturated heterocycles. The average molecular weight is 208 g/mol. The van der Waals surface area contributed by atoms with Gasteiger partial charge in [0.05, 0.1) is 11.7 Å². The van der Waals surface area contributed by atoms with Gasteiger partial charge in [-0.25, -0.2) is 4.68 Å². The van der Waals surface area contributed by atoms with Gasteiger partial charge >= 0.3 is 0 Å². The number of aromatic nitrogens is 3. The van der Waals surface area contributed by atoms with Crippen molar-refractivity contribution in [3.63, 3.8) is 0 Å². The summed E-state index contributed by atoms with van der Waals surface area (Å²) < 4.78 is 2.03. The Balaban J connectivity index is 1.93. The van der Waals surface area contributed by atoms with E-state index in [4.69, 9.17) is 0 Å². The van der Waals surface area contributed by atoms with E-state index < -0.39 is 0 Å². The first-order chi connectivity index (χ1) is 7.16. The summed E-state index contributed by atoms with van der Waals surface area (Å²) in [4.78, 5) is 2.53. The number of nitrogens with zero attached hydrogens (tertiary/aromatic N) is 4. The highest BCUT2D eigenvalue weighted by atomic mass is 15.4. The van der Waals surface area contributed by atoms with E-state index in [9.17, 15) is 0 Å². The molecular formula is C11H20N4. The topological polar surface area (TPSA) is 34.0 Å². The average Bonchev–Trinajstić information content (AvgIpc) is 2.65. The van der Waals surface area contributed by atoms with Crippen molar-refractivity contribution < 1.29 is 0 Å². The van der Waals surface area contributed by atoms with Crippen LogP contribution in [0.1, 0.15) is 38.4 Å². The van der Waals surface area contributed by atoms with E-state index in [1.54, 1.807) is 0 Å². The van der Waals surface area contributed by atoms with Crippen LogP contribution >= 0.6 is 0 Å². The zero-order chi connectivity index (χ0) is 10.8. The number of piperidine rings is 1. The van der Waals surface area contributed by atoms with Crippen LogP contribution in [0.5, 0.6) is 0 Å². The molecule has 1 aromatic heterocycles. The molecule has 0 N–H and O–H groups in total. The molecule has 1 fully saturated rings. The molecule has 0 atom stereocenters. The first-order valence-electron chi connectivity index (χ1n) is 5.79. The third-order valence-electron chi connectivity index (χ3n) is 3.23. The van der Waals surface area contributed by atoms with Crippen LogP contribution in [0.3, 0.4) is 0 Å². The SMILES string of the molecule is Cc1cn(C2CCN(C(C)C)CC2)nn1. The molecule has 1 aliphatic heterocycles. The van der Waals surface area contributed by atoms with Gasteiger partial charge in [0.25, 0.3) is 0 Å². The predicted octanol–water partition coefficient (Wildman–Crippen LogP) is 1.63. The molecule has 0 aromatic carbocycles. The van der Waals surface area contributed by atoms with Crippen LogP contribution in [-0.4, -0.2) is 39.0 Å². The highest BCUT2D eigenvalue weighted by molar-refractivity contribution is 4.90. The molecule has 0 saturated carbocycles. The van der Waals surface area contributed by atoms with E-state index >= 15 is 0 Å². The van der Waals surface area contributed by atoms with Crippen molar-refractivity contribution in [1.82, 2.24) is 19.9 Å². The van der Waals surface area contributed by atoms with Crippen LogP contribution in [0.25, 0.3) is 0 Å². The summed E-state index contributed by atoms with van der Waals surface area (Å²) in [7, 11) is 0. The van der Waals surface area contributed by atoms with E-state index in [-0.39, 0.29) is 0 Å². The van der Waals surface area contributed by atoms with E-state index in [1.165, 1.54) is 25.9 Å². The molecule has 1 aliphatic rings. The molecule has 0 aliphatic carbocycles. The minimum absolute atomic E-state index is 0.557. The summed E-state index contributed by atoms with van der Waals surface area (Å²) in [6, 6.07) is 1.23. The van der Waals surface area contributed by atoms with Crippen molar-refractivity contribution in [2.45, 2.75) is 45.7 Å².